The molecule has 0 aliphatic carbocycles. The molecule has 0 heterocycles. The van der Waals surface area contributed by atoms with Gasteiger partial charge in [0.25, 0.3) is 0 Å². The first kappa shape index (κ1) is 22.3. The second-order valence-electron chi connectivity index (χ2n) is 6.31. The number of carbonyl (C=O) groups excluding carboxylic acids is 1. The monoisotopic (exact) mass is 406 g/mol. The van der Waals surface area contributed by atoms with Crippen molar-refractivity contribution >= 4 is 20.2 Å². The zero-order valence-corrected chi connectivity index (χ0v) is 16.6. The van der Waals surface area contributed by atoms with E-state index in [0.29, 0.717) is 12.3 Å². The Labute approximate surface area is 166 Å². The van der Waals surface area contributed by atoms with Gasteiger partial charge in [0.2, 0.25) is 5.91 Å². The smallest absolute Gasteiger partial charge is 0.327 e. The van der Waals surface area contributed by atoms with Crippen LogP contribution in [0.15, 0.2) is 54.6 Å². The Hall–Kier alpha value is -2.02. The number of rotatable bonds is 12. The number of nitrogens with two attached hydrogens (primary N) is 1. The Morgan fingerprint density at radius 1 is 1.04 bits per heavy atom. The maximum atomic E-state index is 11.9. The molecule has 0 radical (unpaired) electrons. The highest BCUT2D eigenvalue weighted by molar-refractivity contribution is 7.39. The van der Waals surface area contributed by atoms with Crippen LogP contribution >= 0.6 is 8.60 Å². The van der Waals surface area contributed by atoms with E-state index in [0.717, 1.165) is 31.4 Å². The van der Waals surface area contributed by atoms with Crippen molar-refractivity contribution in [3.05, 3.63) is 60.2 Å². The van der Waals surface area contributed by atoms with E-state index < -0.39 is 20.6 Å². The van der Waals surface area contributed by atoms with E-state index in [9.17, 15) is 4.79 Å². The highest BCUT2D eigenvalue weighted by Crippen LogP contribution is 2.24. The topological polar surface area (TPSA) is 114 Å². The lowest BCUT2D eigenvalue weighted by atomic mass is 10.1. The predicted octanol–water partition coefficient (Wildman–Crippen LogP) is 2.97. The maximum Gasteiger partial charge on any atom is 0.327 e. The molecule has 2 rings (SSSR count). The number of amides is 1. The molecule has 2 aromatic rings. The van der Waals surface area contributed by atoms with Gasteiger partial charge in [-0.25, -0.2) is 0 Å². The lowest BCUT2D eigenvalue weighted by Gasteiger charge is -2.13. The van der Waals surface area contributed by atoms with E-state index in [2.05, 4.69) is 34.1 Å². The summed E-state index contributed by atoms with van der Waals surface area (Å²) in [5, 5.41) is 2.64. The summed E-state index contributed by atoms with van der Waals surface area (Å²) in [4.78, 5) is 29.2. The molecule has 28 heavy (non-hydrogen) atoms. The molecule has 0 saturated carbocycles. The number of benzene rings is 2. The van der Waals surface area contributed by atoms with Crippen LogP contribution < -0.4 is 15.8 Å². The zero-order valence-electron chi connectivity index (χ0n) is 15.7. The highest BCUT2D eigenvalue weighted by Gasteiger charge is 2.15. The first-order valence-corrected chi connectivity index (χ1v) is 10.3. The van der Waals surface area contributed by atoms with Gasteiger partial charge >= 0.3 is 8.60 Å². The molecule has 0 spiro atoms. The fraction of sp³-hybridized carbons (Fsp3) is 0.350. The first-order chi connectivity index (χ1) is 13.5. The fourth-order valence-corrected chi connectivity index (χ4v) is 2.83. The summed E-state index contributed by atoms with van der Waals surface area (Å²) in [6.07, 6.45) is 4.31. The SMILES string of the molecule is NC(COP(O)O)C(=O)Nc1ccc(OCCCCCc2ccccc2)cc1. The maximum absolute atomic E-state index is 11.9. The van der Waals surface area contributed by atoms with E-state index in [1.807, 2.05) is 6.07 Å². The lowest BCUT2D eigenvalue weighted by molar-refractivity contribution is -0.118. The van der Waals surface area contributed by atoms with Crippen LogP contribution in [0, 0.1) is 0 Å². The summed E-state index contributed by atoms with van der Waals surface area (Å²) in [5.74, 6) is 0.267. The average Bonchev–Trinajstić information content (AvgIpc) is 2.70. The summed E-state index contributed by atoms with van der Waals surface area (Å²) in [5.41, 5.74) is 7.55. The summed E-state index contributed by atoms with van der Waals surface area (Å²) < 4.78 is 10.3. The van der Waals surface area contributed by atoms with Crippen molar-refractivity contribution in [3.63, 3.8) is 0 Å². The molecule has 5 N–H and O–H groups in total. The third-order valence-electron chi connectivity index (χ3n) is 4.05. The molecule has 8 heteroatoms. The Kier molecular flexibility index (Phi) is 9.90. The molecule has 0 saturated heterocycles. The third kappa shape index (κ3) is 8.78. The van der Waals surface area contributed by atoms with Crippen LogP contribution in [0.3, 0.4) is 0 Å². The third-order valence-corrected chi connectivity index (χ3v) is 4.43. The molecule has 152 valence electrons. The van der Waals surface area contributed by atoms with Crippen LogP contribution in [0.2, 0.25) is 0 Å². The molecule has 0 aliphatic heterocycles. The van der Waals surface area contributed by atoms with Gasteiger partial charge in [-0.3, -0.25) is 4.79 Å². The van der Waals surface area contributed by atoms with Gasteiger partial charge in [0.05, 0.1) is 13.2 Å². The zero-order chi connectivity index (χ0) is 20.2. The molecule has 0 aliphatic rings. The number of hydrogen-bond donors (Lipinski definition) is 4. The minimum atomic E-state index is -2.52. The van der Waals surface area contributed by atoms with Crippen LogP contribution in [0.4, 0.5) is 5.69 Å². The van der Waals surface area contributed by atoms with E-state index in [4.69, 9.17) is 20.3 Å². The standard InChI is InChI=1S/C20H27N2O5P/c21-19(15-27-28(24)25)20(23)22-17-10-12-18(13-11-17)26-14-6-2-5-9-16-7-3-1-4-8-16/h1,3-4,7-8,10-13,19,24-25H,2,5-6,9,14-15,21H2,(H,22,23). The molecule has 1 unspecified atom stereocenters. The first-order valence-electron chi connectivity index (χ1n) is 9.18. The molecule has 0 aromatic heterocycles. The van der Waals surface area contributed by atoms with Crippen molar-refractivity contribution in [1.29, 1.82) is 0 Å². The minimum Gasteiger partial charge on any atom is -0.494 e. The van der Waals surface area contributed by atoms with Crippen molar-refractivity contribution in [3.8, 4) is 5.75 Å². The lowest BCUT2D eigenvalue weighted by Crippen LogP contribution is -2.39. The normalized spacial score (nSPS) is 12.0. The molecule has 1 atom stereocenters. The van der Waals surface area contributed by atoms with Gasteiger partial charge < -0.3 is 30.1 Å². The number of hydrogen-bond acceptors (Lipinski definition) is 6. The van der Waals surface area contributed by atoms with Crippen LogP contribution in [0.5, 0.6) is 5.75 Å². The van der Waals surface area contributed by atoms with Crippen LogP contribution in [0.1, 0.15) is 24.8 Å². The van der Waals surface area contributed by atoms with Crippen LogP contribution in [-0.4, -0.2) is 34.9 Å². The van der Waals surface area contributed by atoms with Crippen molar-refractivity contribution < 1.29 is 23.8 Å². The van der Waals surface area contributed by atoms with Crippen LogP contribution in [0.25, 0.3) is 0 Å². The number of carbonyl (C=O) groups is 1. The van der Waals surface area contributed by atoms with Gasteiger partial charge in [0, 0.05) is 5.69 Å². The number of nitrogens with one attached hydrogen (secondary N) is 1. The van der Waals surface area contributed by atoms with E-state index in [1.54, 1.807) is 24.3 Å². The van der Waals surface area contributed by atoms with Gasteiger partial charge in [-0.2, -0.15) is 0 Å². The van der Waals surface area contributed by atoms with E-state index in [-0.39, 0.29) is 6.61 Å². The Bertz CT molecular complexity index is 698. The summed E-state index contributed by atoms with van der Waals surface area (Å²) in [6, 6.07) is 16.5. The highest BCUT2D eigenvalue weighted by atomic mass is 31.2. The predicted molar refractivity (Wildman–Crippen MR) is 110 cm³/mol. The van der Waals surface area contributed by atoms with E-state index >= 15 is 0 Å². The van der Waals surface area contributed by atoms with Crippen molar-refractivity contribution in [1.82, 2.24) is 0 Å². The van der Waals surface area contributed by atoms with Gasteiger partial charge in [-0.15, -0.1) is 0 Å². The second kappa shape index (κ2) is 12.4. The molecule has 2 aromatic carbocycles. The van der Waals surface area contributed by atoms with E-state index in [1.165, 1.54) is 5.56 Å². The fourth-order valence-electron chi connectivity index (χ4n) is 2.53. The molecule has 0 fully saturated rings. The quantitative estimate of drug-likeness (QED) is 0.318. The Morgan fingerprint density at radius 3 is 2.43 bits per heavy atom. The Balaban J connectivity index is 1.62. The molecular weight excluding hydrogens is 379 g/mol. The number of anilines is 1. The summed E-state index contributed by atoms with van der Waals surface area (Å²) in [6.45, 7) is 0.379. The molecule has 1 amide bonds. The summed E-state index contributed by atoms with van der Waals surface area (Å²) >= 11 is 0. The van der Waals surface area contributed by atoms with Crippen molar-refractivity contribution in [2.24, 2.45) is 5.73 Å². The molecule has 0 bridgehead atoms. The van der Waals surface area contributed by atoms with Crippen molar-refractivity contribution in [2.45, 2.75) is 31.7 Å². The number of ether oxygens (including phenoxy) is 1. The Morgan fingerprint density at radius 2 is 1.75 bits per heavy atom. The van der Waals surface area contributed by atoms with Gasteiger partial charge in [0.1, 0.15) is 11.8 Å². The summed E-state index contributed by atoms with van der Waals surface area (Å²) in [7, 11) is -2.52. The van der Waals surface area contributed by atoms with Gasteiger partial charge in [0.15, 0.2) is 0 Å². The average molecular weight is 406 g/mol. The number of unbranched alkanes of at least 4 members (excludes halogenated alkanes) is 2. The van der Waals surface area contributed by atoms with Crippen molar-refractivity contribution in [2.75, 3.05) is 18.5 Å². The van der Waals surface area contributed by atoms with Gasteiger partial charge in [-0.1, -0.05) is 30.3 Å². The largest absolute Gasteiger partial charge is 0.494 e. The second-order valence-corrected chi connectivity index (χ2v) is 7.08. The van der Waals surface area contributed by atoms with Crippen LogP contribution in [-0.2, 0) is 15.7 Å². The number of aryl methyl sites for hydroxylation is 1. The molecular formula is C20H27N2O5P. The molecule has 7 nitrogen and oxygen atoms in total. The van der Waals surface area contributed by atoms with Gasteiger partial charge in [-0.05, 0) is 55.5 Å². The minimum absolute atomic E-state index is 0.268.